The summed E-state index contributed by atoms with van der Waals surface area (Å²) in [5, 5.41) is 10.1. The van der Waals surface area contributed by atoms with Crippen molar-refractivity contribution in [1.82, 2.24) is 0 Å². The average molecular weight is 325 g/mol. The second-order valence-corrected chi connectivity index (χ2v) is 8.05. The molecule has 0 aliphatic carbocycles. The number of halogens is 2. The quantitative estimate of drug-likeness (QED) is 0.865. The van der Waals surface area contributed by atoms with Gasteiger partial charge >= 0.3 is 0 Å². The molecule has 0 aliphatic heterocycles. The number of benzene rings is 1. The molecule has 0 unspecified atom stereocenters. The van der Waals surface area contributed by atoms with Crippen LogP contribution < -0.4 is 0 Å². The number of alkyl halides is 1. The number of aliphatic hydroxyl groups excluding tert-OH is 1. The lowest BCUT2D eigenvalue weighted by Crippen LogP contribution is -2.37. The van der Waals surface area contributed by atoms with Crippen molar-refractivity contribution < 1.29 is 17.9 Å². The Balaban J connectivity index is 3.29. The molecule has 0 aromatic heterocycles. The molecule has 3 nitrogen and oxygen atoms in total. The molecule has 1 rings (SSSR count). The first kappa shape index (κ1) is 14.6. The Kier molecular flexibility index (Phi) is 4.33. The number of aliphatic hydroxyl groups is 1. The smallest absolute Gasteiger partial charge is 0.166 e. The van der Waals surface area contributed by atoms with E-state index in [0.29, 0.717) is 0 Å². The van der Waals surface area contributed by atoms with Crippen LogP contribution in [0.4, 0.5) is 4.39 Å². The zero-order valence-corrected chi connectivity index (χ0v) is 11.9. The van der Waals surface area contributed by atoms with Crippen molar-refractivity contribution in [2.45, 2.75) is 23.1 Å². The van der Waals surface area contributed by atoms with Crippen LogP contribution in [-0.2, 0) is 9.84 Å². The Morgan fingerprint density at radius 2 is 2.00 bits per heavy atom. The summed E-state index contributed by atoms with van der Waals surface area (Å²) in [4.78, 5) is 0. The van der Waals surface area contributed by atoms with Crippen molar-refractivity contribution >= 4 is 25.8 Å². The predicted molar refractivity (Wildman–Crippen MR) is 68.2 cm³/mol. The summed E-state index contributed by atoms with van der Waals surface area (Å²) in [5.74, 6) is -0.624. The summed E-state index contributed by atoms with van der Waals surface area (Å²) < 4.78 is 35.3. The van der Waals surface area contributed by atoms with E-state index in [-0.39, 0.29) is 12.0 Å². The molecule has 0 bridgehead atoms. The van der Waals surface area contributed by atoms with E-state index in [1.165, 1.54) is 18.2 Å². The molecule has 0 saturated heterocycles. The maximum atomic E-state index is 13.5. The topological polar surface area (TPSA) is 54.4 Å². The molecule has 0 spiro atoms. The zero-order chi connectivity index (χ0) is 13.3. The van der Waals surface area contributed by atoms with Crippen molar-refractivity contribution in [2.24, 2.45) is 0 Å². The lowest BCUT2D eigenvalue weighted by molar-refractivity contribution is 0.155. The lowest BCUT2D eigenvalue weighted by Gasteiger charge is -2.30. The van der Waals surface area contributed by atoms with Crippen LogP contribution in [0.2, 0.25) is 0 Å². The van der Waals surface area contributed by atoms with Crippen LogP contribution in [0.25, 0.3) is 0 Å². The molecule has 17 heavy (non-hydrogen) atoms. The molecular weight excluding hydrogens is 311 g/mol. The molecular formula is C11H14BrFO3S. The first-order valence-corrected chi connectivity index (χ1v) is 7.73. The number of rotatable bonds is 4. The van der Waals surface area contributed by atoms with Crippen LogP contribution in [0.1, 0.15) is 25.0 Å². The van der Waals surface area contributed by atoms with Crippen LogP contribution in [0.3, 0.4) is 0 Å². The second kappa shape index (κ2) is 5.04. The summed E-state index contributed by atoms with van der Waals surface area (Å²) in [6.07, 6.45) is -0.319. The van der Waals surface area contributed by atoms with Crippen molar-refractivity contribution in [3.63, 3.8) is 0 Å². The van der Waals surface area contributed by atoms with Gasteiger partial charge in [0.15, 0.2) is 13.5 Å². The van der Waals surface area contributed by atoms with Gasteiger partial charge in [0.05, 0.1) is 0 Å². The highest BCUT2D eigenvalue weighted by Gasteiger charge is 2.45. The average Bonchev–Trinajstić information content (AvgIpc) is 2.26. The van der Waals surface area contributed by atoms with Gasteiger partial charge in [0.1, 0.15) is 11.9 Å². The first-order chi connectivity index (χ1) is 7.74. The third kappa shape index (κ3) is 2.69. The van der Waals surface area contributed by atoms with E-state index in [2.05, 4.69) is 15.9 Å². The minimum absolute atomic E-state index is 0.0309. The molecule has 1 aromatic rings. The standard InChI is InChI=1S/C11H14BrFO3S/c1-3-11(12,17(2,15)16)10(14)8-6-4-5-7-9(8)13/h4-7,10,14H,3H2,1-2H3/t10-,11-/m1/s1. The van der Waals surface area contributed by atoms with Gasteiger partial charge in [0.2, 0.25) is 0 Å². The van der Waals surface area contributed by atoms with Gasteiger partial charge in [-0.1, -0.05) is 41.1 Å². The highest BCUT2D eigenvalue weighted by atomic mass is 79.9. The fourth-order valence-electron chi connectivity index (χ4n) is 1.59. The van der Waals surface area contributed by atoms with Gasteiger partial charge < -0.3 is 5.11 Å². The lowest BCUT2D eigenvalue weighted by atomic mass is 10.0. The molecule has 0 radical (unpaired) electrons. The van der Waals surface area contributed by atoms with Crippen LogP contribution >= 0.6 is 15.9 Å². The fraction of sp³-hybridized carbons (Fsp3) is 0.455. The fourth-order valence-corrected chi connectivity index (χ4v) is 2.89. The molecule has 96 valence electrons. The molecule has 6 heteroatoms. The van der Waals surface area contributed by atoms with Gasteiger partial charge in [-0.05, 0) is 12.5 Å². The van der Waals surface area contributed by atoms with Crippen molar-refractivity contribution in [2.75, 3.05) is 6.26 Å². The maximum Gasteiger partial charge on any atom is 0.166 e. The monoisotopic (exact) mass is 324 g/mol. The highest BCUT2D eigenvalue weighted by molar-refractivity contribution is 9.11. The van der Waals surface area contributed by atoms with Crippen LogP contribution in [0.5, 0.6) is 0 Å². The number of sulfone groups is 1. The minimum atomic E-state index is -3.58. The van der Waals surface area contributed by atoms with Gasteiger partial charge in [-0.2, -0.15) is 0 Å². The van der Waals surface area contributed by atoms with E-state index in [4.69, 9.17) is 0 Å². The predicted octanol–water partition coefficient (Wildman–Crippen LogP) is 2.40. The Labute approximate surface area is 109 Å². The van der Waals surface area contributed by atoms with Crippen molar-refractivity contribution in [1.29, 1.82) is 0 Å². The SMILES string of the molecule is CC[C@](Br)([C@H](O)c1ccccc1F)S(C)(=O)=O. The largest absolute Gasteiger partial charge is 0.386 e. The van der Waals surface area contributed by atoms with Crippen molar-refractivity contribution in [3.8, 4) is 0 Å². The summed E-state index contributed by atoms with van der Waals surface area (Å²) in [7, 11) is -3.58. The van der Waals surface area contributed by atoms with E-state index in [9.17, 15) is 17.9 Å². The van der Waals surface area contributed by atoms with E-state index < -0.39 is 25.4 Å². The van der Waals surface area contributed by atoms with Crippen LogP contribution in [0.15, 0.2) is 24.3 Å². The molecule has 1 aromatic carbocycles. The van der Waals surface area contributed by atoms with E-state index >= 15 is 0 Å². The van der Waals surface area contributed by atoms with Gasteiger partial charge in [0.25, 0.3) is 0 Å². The minimum Gasteiger partial charge on any atom is -0.386 e. The molecule has 2 atom stereocenters. The zero-order valence-electron chi connectivity index (χ0n) is 9.52. The van der Waals surface area contributed by atoms with E-state index in [1.807, 2.05) is 0 Å². The molecule has 0 aliphatic rings. The molecule has 0 saturated carbocycles. The van der Waals surface area contributed by atoms with E-state index in [1.54, 1.807) is 13.0 Å². The summed E-state index contributed by atoms with van der Waals surface area (Å²) in [6, 6.07) is 5.58. The molecule has 1 N–H and O–H groups in total. The summed E-state index contributed by atoms with van der Waals surface area (Å²) >= 11 is 3.04. The Morgan fingerprint density at radius 3 is 2.41 bits per heavy atom. The summed E-state index contributed by atoms with van der Waals surface area (Å²) in [5.41, 5.74) is -0.0309. The third-order valence-electron chi connectivity index (χ3n) is 2.71. The van der Waals surface area contributed by atoms with Crippen LogP contribution in [-0.4, -0.2) is 23.4 Å². The van der Waals surface area contributed by atoms with Gasteiger partial charge in [-0.15, -0.1) is 0 Å². The summed E-state index contributed by atoms with van der Waals surface area (Å²) in [6.45, 7) is 1.61. The maximum absolute atomic E-state index is 13.5. The van der Waals surface area contributed by atoms with Gasteiger partial charge in [-0.3, -0.25) is 0 Å². The molecule has 0 heterocycles. The van der Waals surface area contributed by atoms with Crippen molar-refractivity contribution in [3.05, 3.63) is 35.6 Å². The highest BCUT2D eigenvalue weighted by Crippen LogP contribution is 2.41. The first-order valence-electron chi connectivity index (χ1n) is 5.05. The van der Waals surface area contributed by atoms with Gasteiger partial charge in [0, 0.05) is 11.8 Å². The normalized spacial score (nSPS) is 17.5. The third-order valence-corrected chi connectivity index (χ3v) is 7.21. The van der Waals surface area contributed by atoms with Gasteiger partial charge in [-0.25, -0.2) is 12.8 Å². The number of hydrogen-bond donors (Lipinski definition) is 1. The number of hydrogen-bond acceptors (Lipinski definition) is 3. The Hall–Kier alpha value is -0.460. The Bertz CT molecular complexity index is 503. The molecule has 0 amide bonds. The Morgan fingerprint density at radius 1 is 1.47 bits per heavy atom. The second-order valence-electron chi connectivity index (χ2n) is 3.84. The van der Waals surface area contributed by atoms with E-state index in [0.717, 1.165) is 6.26 Å². The van der Waals surface area contributed by atoms with Crippen LogP contribution in [0, 0.1) is 5.82 Å². The molecule has 0 fully saturated rings.